The number of fused-ring (bicyclic) bond motifs is 1. The van der Waals surface area contributed by atoms with Crippen LogP contribution in [0.1, 0.15) is 38.3 Å². The molecule has 0 unspecified atom stereocenters. The van der Waals surface area contributed by atoms with Gasteiger partial charge in [-0.3, -0.25) is 0 Å². The zero-order valence-electron chi connectivity index (χ0n) is 14.5. The molecule has 0 radical (unpaired) electrons. The molecular formula is C17H24F3NO3S. The van der Waals surface area contributed by atoms with Crippen LogP contribution in [0, 0.1) is 0 Å². The van der Waals surface area contributed by atoms with Gasteiger partial charge in [-0.25, -0.2) is 0 Å². The van der Waals surface area contributed by atoms with E-state index in [4.69, 9.17) is 9.90 Å². The Bertz CT molecular complexity index is 605. The molecule has 0 spiro atoms. The van der Waals surface area contributed by atoms with Gasteiger partial charge in [0.2, 0.25) is 0 Å². The third-order valence-electron chi connectivity index (χ3n) is 4.35. The molecule has 2 rings (SSSR count). The molecule has 1 aliphatic rings. The number of quaternary nitrogens is 1. The molecule has 25 heavy (non-hydrogen) atoms. The number of benzene rings is 1. The van der Waals surface area contributed by atoms with Crippen molar-refractivity contribution < 1.29 is 33.9 Å². The van der Waals surface area contributed by atoms with Crippen LogP contribution in [-0.2, 0) is 16.6 Å². The minimum atomic E-state index is -5.19. The first-order valence-electron chi connectivity index (χ1n) is 7.96. The zero-order valence-corrected chi connectivity index (χ0v) is 15.3. The molecule has 2 atom stereocenters. The van der Waals surface area contributed by atoms with Gasteiger partial charge in [-0.05, 0) is 41.9 Å². The van der Waals surface area contributed by atoms with E-state index in [1.54, 1.807) is 6.07 Å². The van der Waals surface area contributed by atoms with Crippen molar-refractivity contribution in [3.8, 4) is 5.75 Å². The van der Waals surface area contributed by atoms with Crippen LogP contribution in [0.4, 0.5) is 13.2 Å². The van der Waals surface area contributed by atoms with Gasteiger partial charge in [-0.1, -0.05) is 26.8 Å². The number of aromatic hydroxyl groups is 1. The van der Waals surface area contributed by atoms with Crippen LogP contribution in [0.5, 0.6) is 5.75 Å². The fourth-order valence-corrected chi connectivity index (χ4v) is 4.22. The second kappa shape index (κ2) is 8.31. The molecule has 0 amide bonds. The largest absolute Gasteiger partial charge is 0.542 e. The summed E-state index contributed by atoms with van der Waals surface area (Å²) in [4.78, 5) is 8.78. The van der Waals surface area contributed by atoms with E-state index in [-0.39, 0.29) is 5.41 Å². The van der Waals surface area contributed by atoms with Crippen LogP contribution in [0.15, 0.2) is 18.2 Å². The lowest BCUT2D eigenvalue weighted by atomic mass is 9.69. The van der Waals surface area contributed by atoms with Crippen molar-refractivity contribution in [2.45, 2.75) is 56.5 Å². The molecule has 142 valence electrons. The number of phenolic OH excluding ortho intramolecular Hbond substituents is 1. The molecule has 4 nitrogen and oxygen atoms in total. The summed E-state index contributed by atoms with van der Waals surface area (Å²) in [6.45, 7) is 6.73. The number of carboxylic acids is 1. The number of hydrogen-bond donors (Lipinski definition) is 2. The molecule has 0 heterocycles. The Balaban J connectivity index is 0.000000381. The Labute approximate surface area is 149 Å². The Morgan fingerprint density at radius 2 is 2.00 bits per heavy atom. The van der Waals surface area contributed by atoms with Crippen LogP contribution in [0.2, 0.25) is 0 Å². The monoisotopic (exact) mass is 379 g/mol. The van der Waals surface area contributed by atoms with Crippen LogP contribution >= 0.6 is 11.8 Å². The average Bonchev–Trinajstić information content (AvgIpc) is 2.50. The van der Waals surface area contributed by atoms with E-state index in [9.17, 15) is 18.3 Å². The maximum absolute atomic E-state index is 10.5. The summed E-state index contributed by atoms with van der Waals surface area (Å²) in [6.07, 6.45) is -2.89. The lowest BCUT2D eigenvalue weighted by Gasteiger charge is -2.40. The molecule has 1 aliphatic carbocycles. The number of hydrogen-bond acceptors (Lipinski definition) is 4. The minimum Gasteiger partial charge on any atom is -0.542 e. The van der Waals surface area contributed by atoms with E-state index < -0.39 is 12.1 Å². The first-order chi connectivity index (χ1) is 11.4. The summed E-state index contributed by atoms with van der Waals surface area (Å²) in [5, 5.41) is 19.1. The van der Waals surface area contributed by atoms with Gasteiger partial charge in [0.15, 0.2) is 0 Å². The van der Waals surface area contributed by atoms with Crippen LogP contribution in [0.3, 0.4) is 0 Å². The number of thioether (sulfide) groups is 1. The van der Waals surface area contributed by atoms with E-state index in [0.29, 0.717) is 17.0 Å². The molecule has 0 aliphatic heterocycles. The molecular weight excluding hydrogens is 355 g/mol. The number of rotatable bonds is 3. The average molecular weight is 379 g/mol. The Morgan fingerprint density at radius 3 is 2.48 bits per heavy atom. The van der Waals surface area contributed by atoms with Gasteiger partial charge in [-0.15, -0.1) is 0 Å². The van der Waals surface area contributed by atoms with E-state index in [0.717, 1.165) is 6.42 Å². The molecule has 1 aromatic carbocycles. The highest BCUT2D eigenvalue weighted by atomic mass is 32.2. The lowest BCUT2D eigenvalue weighted by Crippen LogP contribution is -2.74. The molecule has 1 aromatic rings. The number of carbonyl (C=O) groups is 1. The highest BCUT2D eigenvalue weighted by Gasteiger charge is 2.43. The summed E-state index contributed by atoms with van der Waals surface area (Å²) < 4.78 is 31.5. The van der Waals surface area contributed by atoms with Gasteiger partial charge in [0.05, 0.1) is 5.25 Å². The van der Waals surface area contributed by atoms with Crippen molar-refractivity contribution in [1.29, 1.82) is 0 Å². The summed E-state index contributed by atoms with van der Waals surface area (Å²) in [5.74, 6) is -1.43. The van der Waals surface area contributed by atoms with Crippen LogP contribution in [0.25, 0.3) is 0 Å². The van der Waals surface area contributed by atoms with E-state index >= 15 is 0 Å². The van der Waals surface area contributed by atoms with Crippen molar-refractivity contribution >= 4 is 17.7 Å². The first kappa shape index (κ1) is 21.6. The molecule has 0 saturated carbocycles. The maximum Gasteiger partial charge on any atom is 0.430 e. The quantitative estimate of drug-likeness (QED) is 0.836. The van der Waals surface area contributed by atoms with Gasteiger partial charge in [0.25, 0.3) is 0 Å². The molecule has 0 fully saturated rings. The molecule has 8 heteroatoms. The van der Waals surface area contributed by atoms with E-state index in [1.165, 1.54) is 23.3 Å². The SMILES string of the molecule is CCCS[C@@H]1Cc2ccc(O)cc2C(C)(C)[C@H]1[NH3+].O=C([O-])C(F)(F)F. The van der Waals surface area contributed by atoms with Crippen LogP contribution in [-0.4, -0.2) is 34.3 Å². The van der Waals surface area contributed by atoms with E-state index in [1.807, 2.05) is 6.07 Å². The molecule has 4 N–H and O–H groups in total. The van der Waals surface area contributed by atoms with Crippen molar-refractivity contribution in [1.82, 2.24) is 0 Å². The van der Waals surface area contributed by atoms with E-state index in [2.05, 4.69) is 44.3 Å². The summed E-state index contributed by atoms with van der Waals surface area (Å²) in [5.41, 5.74) is 7.10. The van der Waals surface area contributed by atoms with Crippen molar-refractivity contribution in [2.24, 2.45) is 0 Å². The molecule has 0 bridgehead atoms. The van der Waals surface area contributed by atoms with Gasteiger partial charge in [0, 0.05) is 5.41 Å². The predicted octanol–water partition coefficient (Wildman–Crippen LogP) is 1.65. The molecule has 0 aromatic heterocycles. The van der Waals surface area contributed by atoms with Gasteiger partial charge >= 0.3 is 6.18 Å². The van der Waals surface area contributed by atoms with Crippen molar-refractivity contribution in [2.75, 3.05) is 5.75 Å². The van der Waals surface area contributed by atoms with Gasteiger partial charge < -0.3 is 20.7 Å². The fourth-order valence-electron chi connectivity index (χ4n) is 2.81. The Morgan fingerprint density at radius 1 is 1.44 bits per heavy atom. The minimum absolute atomic E-state index is 0.0394. The smallest absolute Gasteiger partial charge is 0.430 e. The summed E-state index contributed by atoms with van der Waals surface area (Å²) in [7, 11) is 0. The van der Waals surface area contributed by atoms with Gasteiger partial charge in [-0.2, -0.15) is 24.9 Å². The number of aliphatic carboxylic acids is 1. The number of carbonyl (C=O) groups excluding carboxylic acids is 1. The number of alkyl halides is 3. The fraction of sp³-hybridized carbons (Fsp3) is 0.588. The van der Waals surface area contributed by atoms with Crippen molar-refractivity contribution in [3.63, 3.8) is 0 Å². The lowest BCUT2D eigenvalue weighted by molar-refractivity contribution is -0.435. The number of carboxylic acid groups (broad SMARTS) is 1. The summed E-state index contributed by atoms with van der Waals surface area (Å²) >= 11 is 2.05. The Kier molecular flexibility index (Phi) is 7.19. The van der Waals surface area contributed by atoms with Crippen molar-refractivity contribution in [3.05, 3.63) is 29.3 Å². The normalized spacial score (nSPS) is 21.7. The zero-order chi connectivity index (χ0) is 19.4. The second-order valence-corrected chi connectivity index (χ2v) is 7.92. The summed E-state index contributed by atoms with van der Waals surface area (Å²) in [6, 6.07) is 6.20. The second-order valence-electron chi connectivity index (χ2n) is 6.57. The number of phenols is 1. The highest BCUT2D eigenvalue weighted by molar-refractivity contribution is 7.99. The standard InChI is InChI=1S/C15H23NOS.C2HF3O2/c1-4-7-18-13-8-10-5-6-11(17)9-12(10)15(2,3)14(13)16;3-2(4,5)1(6)7/h5-6,9,13-14,17H,4,7-8,16H2,1-3H3;(H,6,7)/t13-,14+;/m1./s1. The topological polar surface area (TPSA) is 88.0 Å². The Hall–Kier alpha value is -1.41. The highest BCUT2D eigenvalue weighted by Crippen LogP contribution is 2.40. The van der Waals surface area contributed by atoms with Gasteiger partial charge in [0.1, 0.15) is 17.8 Å². The first-order valence-corrected chi connectivity index (χ1v) is 9.01. The van der Waals surface area contributed by atoms with Crippen LogP contribution < -0.4 is 10.8 Å². The third kappa shape index (κ3) is 5.54. The maximum atomic E-state index is 10.5. The molecule has 0 saturated heterocycles. The number of halogens is 3. The third-order valence-corrected chi connectivity index (χ3v) is 5.92. The predicted molar refractivity (Wildman–Crippen MR) is 89.1 cm³/mol.